The lowest BCUT2D eigenvalue weighted by molar-refractivity contribution is 0.102. The zero-order valence-corrected chi connectivity index (χ0v) is 9.32. The second-order valence-electron chi connectivity index (χ2n) is 4.09. The van der Waals surface area contributed by atoms with E-state index in [0.717, 1.165) is 0 Å². The Hall–Kier alpha value is -1.74. The van der Waals surface area contributed by atoms with Crippen LogP contribution >= 0.6 is 0 Å². The maximum atomic E-state index is 12.8. The van der Waals surface area contributed by atoms with E-state index in [1.807, 2.05) is 0 Å². The first kappa shape index (κ1) is 11.7. The molecule has 0 saturated heterocycles. The van der Waals surface area contributed by atoms with Gasteiger partial charge in [-0.25, -0.2) is 8.78 Å². The smallest absolute Gasteiger partial charge is 0.123 e. The van der Waals surface area contributed by atoms with Crippen molar-refractivity contribution in [2.45, 2.75) is 12.5 Å². The molecule has 2 rings (SSSR count). The van der Waals surface area contributed by atoms with Gasteiger partial charge in [0.2, 0.25) is 0 Å². The van der Waals surface area contributed by atoms with Crippen LogP contribution in [-0.2, 0) is 5.60 Å². The fourth-order valence-electron chi connectivity index (χ4n) is 1.72. The van der Waals surface area contributed by atoms with E-state index in [0.29, 0.717) is 11.1 Å². The lowest BCUT2D eigenvalue weighted by Crippen LogP contribution is -2.22. The Bertz CT molecular complexity index is 453. The molecule has 2 aromatic carbocycles. The molecule has 0 spiro atoms. The van der Waals surface area contributed by atoms with Crippen LogP contribution in [0, 0.1) is 11.6 Å². The number of halogens is 2. The predicted molar refractivity (Wildman–Crippen MR) is 61.5 cm³/mol. The number of aliphatic hydroxyl groups is 1. The predicted octanol–water partition coefficient (Wildman–Crippen LogP) is 3.22. The quantitative estimate of drug-likeness (QED) is 0.845. The van der Waals surface area contributed by atoms with E-state index < -0.39 is 5.60 Å². The molecule has 88 valence electrons. The molecule has 0 atom stereocenters. The standard InChI is InChI=1S/C14H12F2O/c1-14(17,10-2-6-12(15)7-3-10)11-4-8-13(16)9-5-11/h2-9,17H,1H3. The summed E-state index contributed by atoms with van der Waals surface area (Å²) in [5, 5.41) is 10.4. The van der Waals surface area contributed by atoms with Crippen LogP contribution in [0.2, 0.25) is 0 Å². The highest BCUT2D eigenvalue weighted by Gasteiger charge is 2.25. The molecule has 2 aromatic rings. The molecule has 0 aliphatic heterocycles. The summed E-state index contributed by atoms with van der Waals surface area (Å²) in [6, 6.07) is 11.2. The van der Waals surface area contributed by atoms with E-state index in [2.05, 4.69) is 0 Å². The largest absolute Gasteiger partial charge is 0.381 e. The van der Waals surface area contributed by atoms with Gasteiger partial charge in [0.05, 0.1) is 0 Å². The van der Waals surface area contributed by atoms with E-state index >= 15 is 0 Å². The van der Waals surface area contributed by atoms with Gasteiger partial charge < -0.3 is 5.11 Å². The second kappa shape index (κ2) is 4.26. The van der Waals surface area contributed by atoms with Gasteiger partial charge in [-0.15, -0.1) is 0 Å². The van der Waals surface area contributed by atoms with Gasteiger partial charge in [0.1, 0.15) is 17.2 Å². The Morgan fingerprint density at radius 2 is 1.06 bits per heavy atom. The number of hydrogen-bond donors (Lipinski definition) is 1. The zero-order chi connectivity index (χ0) is 12.5. The molecular formula is C14H12F2O. The summed E-state index contributed by atoms with van der Waals surface area (Å²) in [5.74, 6) is -0.715. The summed E-state index contributed by atoms with van der Waals surface area (Å²) >= 11 is 0. The third kappa shape index (κ3) is 2.34. The molecule has 0 aliphatic carbocycles. The molecule has 0 unspecified atom stereocenters. The van der Waals surface area contributed by atoms with Gasteiger partial charge in [0, 0.05) is 0 Å². The summed E-state index contributed by atoms with van der Waals surface area (Å²) < 4.78 is 25.6. The van der Waals surface area contributed by atoms with Gasteiger partial charge in [-0.3, -0.25) is 0 Å². The normalized spacial score (nSPS) is 11.5. The van der Waals surface area contributed by atoms with Crippen molar-refractivity contribution in [1.29, 1.82) is 0 Å². The fourth-order valence-corrected chi connectivity index (χ4v) is 1.72. The summed E-state index contributed by atoms with van der Waals surface area (Å²) in [7, 11) is 0. The van der Waals surface area contributed by atoms with Crippen LogP contribution in [0.15, 0.2) is 48.5 Å². The van der Waals surface area contributed by atoms with Crippen molar-refractivity contribution in [2.24, 2.45) is 0 Å². The van der Waals surface area contributed by atoms with Gasteiger partial charge in [-0.1, -0.05) is 24.3 Å². The molecule has 0 aliphatic rings. The van der Waals surface area contributed by atoms with Gasteiger partial charge in [0.15, 0.2) is 0 Å². The second-order valence-corrected chi connectivity index (χ2v) is 4.09. The van der Waals surface area contributed by atoms with Crippen LogP contribution in [0.1, 0.15) is 18.1 Å². The van der Waals surface area contributed by atoms with Crippen LogP contribution in [0.4, 0.5) is 8.78 Å². The van der Waals surface area contributed by atoms with Crippen LogP contribution in [-0.4, -0.2) is 5.11 Å². The molecule has 1 N–H and O–H groups in total. The third-order valence-corrected chi connectivity index (χ3v) is 2.81. The lowest BCUT2D eigenvalue weighted by atomic mass is 9.88. The zero-order valence-electron chi connectivity index (χ0n) is 9.32. The van der Waals surface area contributed by atoms with E-state index in [4.69, 9.17) is 0 Å². The van der Waals surface area contributed by atoms with Crippen molar-refractivity contribution in [3.05, 3.63) is 71.3 Å². The van der Waals surface area contributed by atoms with E-state index in [9.17, 15) is 13.9 Å². The highest BCUT2D eigenvalue weighted by molar-refractivity contribution is 5.35. The van der Waals surface area contributed by atoms with E-state index in [-0.39, 0.29) is 11.6 Å². The van der Waals surface area contributed by atoms with Gasteiger partial charge in [-0.05, 0) is 42.3 Å². The fraction of sp³-hybridized carbons (Fsp3) is 0.143. The Kier molecular flexibility index (Phi) is 2.94. The van der Waals surface area contributed by atoms with Crippen molar-refractivity contribution in [1.82, 2.24) is 0 Å². The van der Waals surface area contributed by atoms with Crippen molar-refractivity contribution in [3.63, 3.8) is 0 Å². The average Bonchev–Trinajstić information content (AvgIpc) is 2.30. The molecule has 0 saturated carbocycles. The van der Waals surface area contributed by atoms with Crippen molar-refractivity contribution in [3.8, 4) is 0 Å². The minimum atomic E-state index is -1.26. The molecule has 17 heavy (non-hydrogen) atoms. The maximum Gasteiger partial charge on any atom is 0.123 e. The third-order valence-electron chi connectivity index (χ3n) is 2.81. The minimum Gasteiger partial charge on any atom is -0.381 e. The van der Waals surface area contributed by atoms with Gasteiger partial charge in [-0.2, -0.15) is 0 Å². The molecule has 0 fully saturated rings. The van der Waals surface area contributed by atoms with Crippen molar-refractivity contribution >= 4 is 0 Å². The highest BCUT2D eigenvalue weighted by atomic mass is 19.1. The number of benzene rings is 2. The lowest BCUT2D eigenvalue weighted by Gasteiger charge is -2.24. The molecule has 0 aromatic heterocycles. The molecular weight excluding hydrogens is 222 g/mol. The molecule has 0 heterocycles. The van der Waals surface area contributed by atoms with Gasteiger partial charge >= 0.3 is 0 Å². The monoisotopic (exact) mass is 234 g/mol. The molecule has 1 nitrogen and oxygen atoms in total. The Balaban J connectivity index is 2.41. The summed E-state index contributed by atoms with van der Waals surface area (Å²) in [6.45, 7) is 1.59. The minimum absolute atomic E-state index is 0.358. The first-order valence-corrected chi connectivity index (χ1v) is 5.24. The molecule has 0 radical (unpaired) electrons. The molecule has 3 heteroatoms. The SMILES string of the molecule is CC(O)(c1ccc(F)cc1)c1ccc(F)cc1. The van der Waals surface area contributed by atoms with Crippen molar-refractivity contribution in [2.75, 3.05) is 0 Å². The van der Waals surface area contributed by atoms with Crippen LogP contribution in [0.25, 0.3) is 0 Å². The summed E-state index contributed by atoms with van der Waals surface area (Å²) in [5.41, 5.74) is -0.141. The van der Waals surface area contributed by atoms with Crippen molar-refractivity contribution < 1.29 is 13.9 Å². The first-order chi connectivity index (χ1) is 8.00. The van der Waals surface area contributed by atoms with E-state index in [1.54, 1.807) is 6.92 Å². The summed E-state index contributed by atoms with van der Waals surface area (Å²) in [6.07, 6.45) is 0. The maximum absolute atomic E-state index is 12.8. The summed E-state index contributed by atoms with van der Waals surface area (Å²) in [4.78, 5) is 0. The van der Waals surface area contributed by atoms with E-state index in [1.165, 1.54) is 48.5 Å². The highest BCUT2D eigenvalue weighted by Crippen LogP contribution is 2.29. The van der Waals surface area contributed by atoms with Crippen LogP contribution < -0.4 is 0 Å². The molecule has 0 bridgehead atoms. The average molecular weight is 234 g/mol. The molecule has 0 amide bonds. The Morgan fingerprint density at radius 3 is 1.35 bits per heavy atom. The Labute approximate surface area is 98.3 Å². The topological polar surface area (TPSA) is 20.2 Å². The number of rotatable bonds is 2. The van der Waals surface area contributed by atoms with Crippen LogP contribution in [0.5, 0.6) is 0 Å². The number of hydrogen-bond acceptors (Lipinski definition) is 1. The first-order valence-electron chi connectivity index (χ1n) is 5.24. The van der Waals surface area contributed by atoms with Crippen LogP contribution in [0.3, 0.4) is 0 Å². The Morgan fingerprint density at radius 1 is 0.765 bits per heavy atom. The van der Waals surface area contributed by atoms with Gasteiger partial charge in [0.25, 0.3) is 0 Å².